The molecule has 1 aromatic heterocycles. The Morgan fingerprint density at radius 1 is 1.46 bits per heavy atom. The standard InChI is InChI=1S/C9H13NO2S/c1-2-3-7-13(11,12)9-5-4-6-10-8-9/h4-6,8H,2-3,7H2,1H3. The number of rotatable bonds is 4. The average Bonchev–Trinajstić information content (AvgIpc) is 2.16. The molecule has 0 atom stereocenters. The predicted octanol–water partition coefficient (Wildman–Crippen LogP) is 1.66. The van der Waals surface area contributed by atoms with Crippen LogP contribution in [0.25, 0.3) is 0 Å². The van der Waals surface area contributed by atoms with Crippen LogP contribution in [0.2, 0.25) is 0 Å². The van der Waals surface area contributed by atoms with Gasteiger partial charge in [0, 0.05) is 12.4 Å². The Morgan fingerprint density at radius 3 is 2.77 bits per heavy atom. The van der Waals surface area contributed by atoms with Gasteiger partial charge in [-0.05, 0) is 18.6 Å². The molecule has 0 amide bonds. The molecule has 0 aliphatic carbocycles. The van der Waals surface area contributed by atoms with Crippen molar-refractivity contribution in [1.82, 2.24) is 4.98 Å². The Bertz CT molecular complexity index is 345. The van der Waals surface area contributed by atoms with Crippen LogP contribution >= 0.6 is 0 Å². The van der Waals surface area contributed by atoms with Crippen LogP contribution in [0.1, 0.15) is 19.8 Å². The minimum absolute atomic E-state index is 0.217. The molecule has 0 aliphatic heterocycles. The maximum Gasteiger partial charge on any atom is 0.179 e. The van der Waals surface area contributed by atoms with E-state index in [-0.39, 0.29) is 5.75 Å². The van der Waals surface area contributed by atoms with E-state index in [2.05, 4.69) is 4.98 Å². The molecule has 1 heterocycles. The predicted molar refractivity (Wildman–Crippen MR) is 51.2 cm³/mol. The second-order valence-electron chi connectivity index (χ2n) is 2.86. The van der Waals surface area contributed by atoms with E-state index in [1.54, 1.807) is 18.3 Å². The molecule has 13 heavy (non-hydrogen) atoms. The fourth-order valence-corrected chi connectivity index (χ4v) is 2.40. The van der Waals surface area contributed by atoms with Gasteiger partial charge < -0.3 is 0 Å². The molecule has 0 fully saturated rings. The highest BCUT2D eigenvalue weighted by molar-refractivity contribution is 7.91. The molecule has 0 aromatic carbocycles. The SMILES string of the molecule is CCCCS(=O)(=O)c1cccnc1. The topological polar surface area (TPSA) is 47.0 Å². The Labute approximate surface area is 78.7 Å². The molecule has 0 radical (unpaired) electrons. The van der Waals surface area contributed by atoms with Crippen LogP contribution in [0.15, 0.2) is 29.4 Å². The van der Waals surface area contributed by atoms with Gasteiger partial charge in [-0.2, -0.15) is 0 Å². The molecule has 0 saturated heterocycles. The van der Waals surface area contributed by atoms with Crippen molar-refractivity contribution in [2.75, 3.05) is 5.75 Å². The molecular formula is C9H13NO2S. The van der Waals surface area contributed by atoms with E-state index < -0.39 is 9.84 Å². The van der Waals surface area contributed by atoms with E-state index >= 15 is 0 Å². The Morgan fingerprint density at radius 2 is 2.23 bits per heavy atom. The number of hydrogen-bond donors (Lipinski definition) is 0. The first kappa shape index (κ1) is 10.2. The highest BCUT2D eigenvalue weighted by atomic mass is 32.2. The molecule has 72 valence electrons. The van der Waals surface area contributed by atoms with Crippen LogP contribution < -0.4 is 0 Å². The quantitative estimate of drug-likeness (QED) is 0.740. The molecule has 3 nitrogen and oxygen atoms in total. The Hall–Kier alpha value is -0.900. The van der Waals surface area contributed by atoms with Crippen molar-refractivity contribution in [3.63, 3.8) is 0 Å². The van der Waals surface area contributed by atoms with Crippen molar-refractivity contribution in [2.24, 2.45) is 0 Å². The summed E-state index contributed by atoms with van der Waals surface area (Å²) in [5, 5.41) is 0. The molecule has 0 N–H and O–H groups in total. The molecule has 0 saturated carbocycles. The lowest BCUT2D eigenvalue weighted by atomic mass is 10.4. The Balaban J connectivity index is 2.83. The third kappa shape index (κ3) is 2.81. The summed E-state index contributed by atoms with van der Waals surface area (Å²) in [6.07, 6.45) is 4.56. The van der Waals surface area contributed by atoms with Crippen LogP contribution in [-0.2, 0) is 9.84 Å². The summed E-state index contributed by atoms with van der Waals surface area (Å²) in [5.41, 5.74) is 0. The third-order valence-corrected chi connectivity index (χ3v) is 3.55. The van der Waals surface area contributed by atoms with Crippen molar-refractivity contribution in [3.05, 3.63) is 24.5 Å². The number of sulfone groups is 1. The van der Waals surface area contributed by atoms with E-state index in [9.17, 15) is 8.42 Å². The van der Waals surface area contributed by atoms with E-state index in [0.29, 0.717) is 11.3 Å². The van der Waals surface area contributed by atoms with Crippen molar-refractivity contribution in [2.45, 2.75) is 24.7 Å². The van der Waals surface area contributed by atoms with Crippen molar-refractivity contribution >= 4 is 9.84 Å². The molecule has 4 heteroatoms. The summed E-state index contributed by atoms with van der Waals surface area (Å²) in [5.74, 6) is 0.217. The number of aromatic nitrogens is 1. The van der Waals surface area contributed by atoms with Crippen LogP contribution in [0.3, 0.4) is 0 Å². The second-order valence-corrected chi connectivity index (χ2v) is 4.97. The van der Waals surface area contributed by atoms with Gasteiger partial charge in [-0.25, -0.2) is 8.42 Å². The Kier molecular flexibility index (Phi) is 3.42. The summed E-state index contributed by atoms with van der Waals surface area (Å²) in [4.78, 5) is 4.10. The monoisotopic (exact) mass is 199 g/mol. The first-order chi connectivity index (χ1) is 6.17. The van der Waals surface area contributed by atoms with Crippen LogP contribution in [0.4, 0.5) is 0 Å². The van der Waals surface area contributed by atoms with Gasteiger partial charge in [0.25, 0.3) is 0 Å². The second kappa shape index (κ2) is 4.37. The van der Waals surface area contributed by atoms with Crippen molar-refractivity contribution in [3.8, 4) is 0 Å². The summed E-state index contributed by atoms with van der Waals surface area (Å²) in [6.45, 7) is 1.97. The molecule has 0 aliphatic rings. The fraction of sp³-hybridized carbons (Fsp3) is 0.444. The summed E-state index contributed by atoms with van der Waals surface area (Å²) in [6, 6.07) is 3.22. The molecule has 1 rings (SSSR count). The maximum absolute atomic E-state index is 11.6. The van der Waals surface area contributed by atoms with E-state index in [1.165, 1.54) is 6.20 Å². The van der Waals surface area contributed by atoms with Crippen molar-refractivity contribution in [1.29, 1.82) is 0 Å². The molecule has 0 spiro atoms. The minimum Gasteiger partial charge on any atom is -0.263 e. The van der Waals surface area contributed by atoms with E-state index in [0.717, 1.165) is 6.42 Å². The van der Waals surface area contributed by atoms with Crippen molar-refractivity contribution < 1.29 is 8.42 Å². The lowest BCUT2D eigenvalue weighted by Gasteiger charge is -2.01. The fourth-order valence-electron chi connectivity index (χ4n) is 0.983. The molecular weight excluding hydrogens is 186 g/mol. The number of hydrogen-bond acceptors (Lipinski definition) is 3. The first-order valence-corrected chi connectivity index (χ1v) is 5.95. The van der Waals surface area contributed by atoms with Gasteiger partial charge in [0.05, 0.1) is 10.6 Å². The van der Waals surface area contributed by atoms with Gasteiger partial charge in [-0.3, -0.25) is 4.98 Å². The molecule has 1 aromatic rings. The lowest BCUT2D eigenvalue weighted by Crippen LogP contribution is -2.06. The normalized spacial score (nSPS) is 11.5. The number of unbranched alkanes of at least 4 members (excludes halogenated alkanes) is 1. The number of pyridine rings is 1. The zero-order chi connectivity index (χ0) is 9.73. The van der Waals surface area contributed by atoms with Gasteiger partial charge >= 0.3 is 0 Å². The zero-order valence-electron chi connectivity index (χ0n) is 7.60. The largest absolute Gasteiger partial charge is 0.263 e. The summed E-state index contributed by atoms with van der Waals surface area (Å²) in [7, 11) is -3.08. The highest BCUT2D eigenvalue weighted by Gasteiger charge is 2.12. The molecule has 0 bridgehead atoms. The van der Waals surface area contributed by atoms with Gasteiger partial charge in [0.2, 0.25) is 0 Å². The highest BCUT2D eigenvalue weighted by Crippen LogP contribution is 2.10. The van der Waals surface area contributed by atoms with Crippen LogP contribution in [-0.4, -0.2) is 19.2 Å². The molecule has 0 unspecified atom stereocenters. The van der Waals surface area contributed by atoms with Gasteiger partial charge in [-0.15, -0.1) is 0 Å². The minimum atomic E-state index is -3.08. The van der Waals surface area contributed by atoms with Gasteiger partial charge in [0.15, 0.2) is 9.84 Å². The van der Waals surface area contributed by atoms with Gasteiger partial charge in [0.1, 0.15) is 0 Å². The van der Waals surface area contributed by atoms with E-state index in [1.807, 2.05) is 6.92 Å². The van der Waals surface area contributed by atoms with Gasteiger partial charge in [-0.1, -0.05) is 13.3 Å². The summed E-state index contributed by atoms with van der Waals surface area (Å²) >= 11 is 0. The third-order valence-electron chi connectivity index (χ3n) is 1.76. The maximum atomic E-state index is 11.6. The van der Waals surface area contributed by atoms with E-state index in [4.69, 9.17) is 0 Å². The first-order valence-electron chi connectivity index (χ1n) is 4.29. The summed E-state index contributed by atoms with van der Waals surface area (Å²) < 4.78 is 23.1. The zero-order valence-corrected chi connectivity index (χ0v) is 8.42. The lowest BCUT2D eigenvalue weighted by molar-refractivity contribution is 0.592. The average molecular weight is 199 g/mol. The van der Waals surface area contributed by atoms with Crippen LogP contribution in [0.5, 0.6) is 0 Å². The number of nitrogens with zero attached hydrogens (tertiary/aromatic N) is 1. The smallest absolute Gasteiger partial charge is 0.179 e. The van der Waals surface area contributed by atoms with Crippen LogP contribution in [0, 0.1) is 0 Å².